The lowest BCUT2D eigenvalue weighted by molar-refractivity contribution is 0.701. The zero-order chi connectivity index (χ0) is 12.3. The molecule has 0 spiro atoms. The minimum atomic E-state index is 0.00451. The van der Waals surface area contributed by atoms with Crippen LogP contribution in [0.4, 0.5) is 0 Å². The summed E-state index contributed by atoms with van der Waals surface area (Å²) in [5.41, 5.74) is 9.66. The normalized spacial score (nSPS) is 12.4. The predicted molar refractivity (Wildman–Crippen MR) is 73.7 cm³/mol. The predicted octanol–water partition coefficient (Wildman–Crippen LogP) is 3.40. The van der Waals surface area contributed by atoms with Gasteiger partial charge >= 0.3 is 0 Å². The first-order valence-electron chi connectivity index (χ1n) is 5.58. The molecule has 2 N–H and O–H groups in total. The van der Waals surface area contributed by atoms with Gasteiger partial charge in [0.2, 0.25) is 0 Å². The molecule has 0 aliphatic heterocycles. The Labute approximate surface area is 110 Å². The van der Waals surface area contributed by atoms with Crippen LogP contribution in [0.15, 0.2) is 47.1 Å². The molecule has 3 heteroatoms. The molecule has 0 aliphatic carbocycles. The van der Waals surface area contributed by atoms with Crippen molar-refractivity contribution in [3.8, 4) is 0 Å². The molecule has 0 amide bonds. The van der Waals surface area contributed by atoms with Crippen molar-refractivity contribution in [3.63, 3.8) is 0 Å². The van der Waals surface area contributed by atoms with E-state index < -0.39 is 0 Å². The van der Waals surface area contributed by atoms with Crippen molar-refractivity contribution in [2.75, 3.05) is 0 Å². The van der Waals surface area contributed by atoms with Crippen molar-refractivity contribution in [2.24, 2.45) is 5.73 Å². The molecular weight excluding hydrogens is 276 g/mol. The van der Waals surface area contributed by atoms with Gasteiger partial charge in [-0.2, -0.15) is 0 Å². The molecular formula is C14H15BrN2. The lowest BCUT2D eigenvalue weighted by Crippen LogP contribution is -2.15. The molecule has 88 valence electrons. The summed E-state index contributed by atoms with van der Waals surface area (Å²) in [5.74, 6) is 0. The highest BCUT2D eigenvalue weighted by Crippen LogP contribution is 2.19. The number of rotatable bonds is 3. The fraction of sp³-hybridized carbons (Fsp3) is 0.214. The quantitative estimate of drug-likeness (QED) is 0.941. The van der Waals surface area contributed by atoms with Crippen LogP contribution in [0.5, 0.6) is 0 Å². The highest BCUT2D eigenvalue weighted by molar-refractivity contribution is 9.10. The molecule has 1 heterocycles. The Morgan fingerprint density at radius 1 is 1.24 bits per heavy atom. The van der Waals surface area contributed by atoms with Crippen LogP contribution in [0.25, 0.3) is 0 Å². The number of hydrogen-bond donors (Lipinski definition) is 1. The molecule has 2 rings (SSSR count). The minimum absolute atomic E-state index is 0.00451. The summed E-state index contributed by atoms with van der Waals surface area (Å²) in [6.45, 7) is 2.09. The van der Waals surface area contributed by atoms with Crippen LogP contribution in [0, 0.1) is 6.92 Å². The van der Waals surface area contributed by atoms with E-state index in [-0.39, 0.29) is 6.04 Å². The van der Waals surface area contributed by atoms with E-state index in [1.807, 2.05) is 24.3 Å². The first-order valence-corrected chi connectivity index (χ1v) is 6.37. The Kier molecular flexibility index (Phi) is 3.92. The number of aryl methyl sites for hydroxylation is 1. The smallest absolute Gasteiger partial charge is 0.0423 e. The highest BCUT2D eigenvalue weighted by Gasteiger charge is 2.09. The zero-order valence-electron chi connectivity index (χ0n) is 9.73. The monoisotopic (exact) mass is 290 g/mol. The van der Waals surface area contributed by atoms with E-state index in [4.69, 9.17) is 5.73 Å². The van der Waals surface area contributed by atoms with E-state index in [1.165, 1.54) is 11.1 Å². The Bertz CT molecular complexity index is 494. The largest absolute Gasteiger partial charge is 0.324 e. The molecule has 1 unspecified atom stereocenters. The summed E-state index contributed by atoms with van der Waals surface area (Å²) in [5, 5.41) is 0. The fourth-order valence-electron chi connectivity index (χ4n) is 1.87. The average Bonchev–Trinajstić information content (AvgIpc) is 2.32. The van der Waals surface area contributed by atoms with Crippen LogP contribution in [0.2, 0.25) is 0 Å². The van der Waals surface area contributed by atoms with Crippen molar-refractivity contribution in [3.05, 3.63) is 63.9 Å². The van der Waals surface area contributed by atoms with Gasteiger partial charge in [-0.25, -0.2) is 0 Å². The minimum Gasteiger partial charge on any atom is -0.324 e. The second-order valence-corrected chi connectivity index (χ2v) is 5.05. The van der Waals surface area contributed by atoms with Gasteiger partial charge in [-0.05, 0) is 46.1 Å². The van der Waals surface area contributed by atoms with Crippen LogP contribution in [0.3, 0.4) is 0 Å². The van der Waals surface area contributed by atoms with Gasteiger partial charge in [0.1, 0.15) is 0 Å². The lowest BCUT2D eigenvalue weighted by Gasteiger charge is -2.14. The van der Waals surface area contributed by atoms with Crippen LogP contribution < -0.4 is 5.73 Å². The van der Waals surface area contributed by atoms with E-state index >= 15 is 0 Å². The van der Waals surface area contributed by atoms with Gasteiger partial charge in [0.25, 0.3) is 0 Å². The summed E-state index contributed by atoms with van der Waals surface area (Å²) in [7, 11) is 0. The van der Waals surface area contributed by atoms with Crippen LogP contribution >= 0.6 is 15.9 Å². The summed E-state index contributed by atoms with van der Waals surface area (Å²) in [4.78, 5) is 4.35. The molecule has 2 aromatic rings. The molecule has 0 bridgehead atoms. The van der Waals surface area contributed by atoms with Crippen molar-refractivity contribution in [1.82, 2.24) is 4.98 Å². The van der Waals surface area contributed by atoms with Gasteiger partial charge in [-0.15, -0.1) is 0 Å². The molecule has 1 aromatic heterocycles. The van der Waals surface area contributed by atoms with Crippen molar-refractivity contribution in [1.29, 1.82) is 0 Å². The van der Waals surface area contributed by atoms with Gasteiger partial charge in [0.15, 0.2) is 0 Å². The summed E-state index contributed by atoms with van der Waals surface area (Å²) < 4.78 is 0.991. The Morgan fingerprint density at radius 2 is 2.00 bits per heavy atom. The van der Waals surface area contributed by atoms with Gasteiger partial charge in [0, 0.05) is 28.8 Å². The topological polar surface area (TPSA) is 38.9 Å². The number of nitrogens with two attached hydrogens (primary N) is 1. The molecule has 17 heavy (non-hydrogen) atoms. The maximum absolute atomic E-state index is 6.21. The SMILES string of the molecule is Cc1ccccc1C(N)Cc1ccc(Br)cn1. The second kappa shape index (κ2) is 5.43. The average molecular weight is 291 g/mol. The van der Waals surface area contributed by atoms with Crippen LogP contribution in [0.1, 0.15) is 22.9 Å². The van der Waals surface area contributed by atoms with Gasteiger partial charge in [-0.3, -0.25) is 4.98 Å². The zero-order valence-corrected chi connectivity index (χ0v) is 11.3. The molecule has 0 radical (unpaired) electrons. The van der Waals surface area contributed by atoms with E-state index in [0.29, 0.717) is 0 Å². The summed E-state index contributed by atoms with van der Waals surface area (Å²) in [6, 6.07) is 12.2. The third-order valence-electron chi connectivity index (χ3n) is 2.81. The number of pyridine rings is 1. The lowest BCUT2D eigenvalue weighted by atomic mass is 9.98. The van der Waals surface area contributed by atoms with E-state index in [1.54, 1.807) is 6.20 Å². The van der Waals surface area contributed by atoms with E-state index in [9.17, 15) is 0 Å². The third kappa shape index (κ3) is 3.14. The molecule has 0 saturated carbocycles. The van der Waals surface area contributed by atoms with Gasteiger partial charge in [-0.1, -0.05) is 24.3 Å². The standard InChI is InChI=1S/C14H15BrN2/c1-10-4-2-3-5-13(10)14(16)8-12-7-6-11(15)9-17-12/h2-7,9,14H,8,16H2,1H3. The number of benzene rings is 1. The maximum Gasteiger partial charge on any atom is 0.0423 e. The molecule has 2 nitrogen and oxygen atoms in total. The van der Waals surface area contributed by atoms with E-state index in [2.05, 4.69) is 40.0 Å². The fourth-order valence-corrected chi connectivity index (χ4v) is 2.10. The summed E-state index contributed by atoms with van der Waals surface area (Å²) >= 11 is 3.37. The molecule has 1 atom stereocenters. The number of halogens is 1. The van der Waals surface area contributed by atoms with Gasteiger partial charge < -0.3 is 5.73 Å². The van der Waals surface area contributed by atoms with Gasteiger partial charge in [0.05, 0.1) is 0 Å². The Morgan fingerprint density at radius 3 is 2.65 bits per heavy atom. The van der Waals surface area contributed by atoms with Crippen LogP contribution in [-0.2, 0) is 6.42 Å². The number of nitrogens with zero attached hydrogens (tertiary/aromatic N) is 1. The third-order valence-corrected chi connectivity index (χ3v) is 3.27. The second-order valence-electron chi connectivity index (χ2n) is 4.13. The Hall–Kier alpha value is -1.19. The molecule has 1 aromatic carbocycles. The first-order chi connectivity index (χ1) is 8.16. The van der Waals surface area contributed by atoms with Crippen molar-refractivity contribution >= 4 is 15.9 Å². The van der Waals surface area contributed by atoms with Crippen molar-refractivity contribution in [2.45, 2.75) is 19.4 Å². The summed E-state index contributed by atoms with van der Waals surface area (Å²) in [6.07, 6.45) is 2.57. The van der Waals surface area contributed by atoms with Crippen molar-refractivity contribution < 1.29 is 0 Å². The molecule has 0 fully saturated rings. The van der Waals surface area contributed by atoms with Crippen LogP contribution in [-0.4, -0.2) is 4.98 Å². The maximum atomic E-state index is 6.21. The number of hydrogen-bond acceptors (Lipinski definition) is 2. The highest BCUT2D eigenvalue weighted by atomic mass is 79.9. The number of aromatic nitrogens is 1. The van der Waals surface area contributed by atoms with E-state index in [0.717, 1.165) is 16.6 Å². The first kappa shape index (κ1) is 12.3. The molecule has 0 saturated heterocycles. The molecule has 0 aliphatic rings. The Balaban J connectivity index is 2.14.